The van der Waals surface area contributed by atoms with Crippen molar-refractivity contribution in [2.75, 3.05) is 13.7 Å². The van der Waals surface area contributed by atoms with Gasteiger partial charge in [-0.2, -0.15) is 0 Å². The molecule has 2 amide bonds. The van der Waals surface area contributed by atoms with E-state index in [1.807, 2.05) is 24.3 Å². The summed E-state index contributed by atoms with van der Waals surface area (Å²) >= 11 is 12.5. The van der Waals surface area contributed by atoms with Crippen LogP contribution < -0.4 is 25.6 Å². The Balaban J connectivity index is 1.49. The maximum absolute atomic E-state index is 12.3. The second-order valence-corrected chi connectivity index (χ2v) is 7.48. The number of hydrazine groups is 1. The number of rotatable bonds is 5. The SMILES string of the molecule is COc1ccccc1OCC(=O)NC(=S)NNC(=O)c1sc2ccccc2c1Cl. The van der Waals surface area contributed by atoms with E-state index in [9.17, 15) is 9.59 Å². The highest BCUT2D eigenvalue weighted by molar-refractivity contribution is 7.80. The standard InChI is InChI=1S/C19H16ClN3O4S2/c1-26-12-7-3-4-8-13(12)27-10-15(24)21-19(28)23-22-18(25)17-16(20)11-6-2-5-9-14(11)29-17/h2-9H,10H2,1H3,(H,22,25)(H2,21,23,24,28). The summed E-state index contributed by atoms with van der Waals surface area (Å²) in [4.78, 5) is 24.7. The number of thiophene rings is 1. The van der Waals surface area contributed by atoms with Gasteiger partial charge in [0.05, 0.1) is 12.1 Å². The molecule has 0 saturated heterocycles. The fourth-order valence-corrected chi connectivity index (χ4v) is 3.98. The second-order valence-electron chi connectivity index (χ2n) is 5.64. The molecule has 0 unspecified atom stereocenters. The Morgan fingerprint density at radius 3 is 2.48 bits per heavy atom. The number of thiocarbonyl (C=S) groups is 1. The zero-order chi connectivity index (χ0) is 20.8. The first-order chi connectivity index (χ1) is 14.0. The third-order valence-electron chi connectivity index (χ3n) is 3.71. The maximum atomic E-state index is 12.3. The van der Waals surface area contributed by atoms with Crippen LogP contribution in [0, 0.1) is 0 Å². The summed E-state index contributed by atoms with van der Waals surface area (Å²) in [6.07, 6.45) is 0. The maximum Gasteiger partial charge on any atom is 0.281 e. The second kappa shape index (κ2) is 9.55. The predicted octanol–water partition coefficient (Wildman–Crippen LogP) is 3.28. The van der Waals surface area contributed by atoms with Crippen molar-refractivity contribution in [3.63, 3.8) is 0 Å². The van der Waals surface area contributed by atoms with E-state index < -0.39 is 11.8 Å². The van der Waals surface area contributed by atoms with E-state index in [0.717, 1.165) is 10.1 Å². The van der Waals surface area contributed by atoms with Gasteiger partial charge in [-0.05, 0) is 30.4 Å². The van der Waals surface area contributed by atoms with Crippen LogP contribution in [0.2, 0.25) is 5.02 Å². The summed E-state index contributed by atoms with van der Waals surface area (Å²) in [6, 6.07) is 14.4. The molecule has 0 spiro atoms. The Morgan fingerprint density at radius 2 is 1.76 bits per heavy atom. The van der Waals surface area contributed by atoms with Crippen molar-refractivity contribution in [3.8, 4) is 11.5 Å². The number of hydrogen-bond donors (Lipinski definition) is 3. The van der Waals surface area contributed by atoms with Crippen molar-refractivity contribution >= 4 is 62.2 Å². The highest BCUT2D eigenvalue weighted by Crippen LogP contribution is 2.34. The van der Waals surface area contributed by atoms with Crippen molar-refractivity contribution in [1.82, 2.24) is 16.2 Å². The number of carbonyl (C=O) groups excluding carboxylic acids is 2. The molecule has 0 fully saturated rings. The molecule has 3 N–H and O–H groups in total. The number of ether oxygens (including phenoxy) is 2. The van der Waals surface area contributed by atoms with E-state index in [-0.39, 0.29) is 11.7 Å². The molecule has 29 heavy (non-hydrogen) atoms. The Hall–Kier alpha value is -2.88. The van der Waals surface area contributed by atoms with Gasteiger partial charge in [-0.15, -0.1) is 11.3 Å². The number of hydrogen-bond acceptors (Lipinski definition) is 6. The molecule has 10 heteroatoms. The van der Waals surface area contributed by atoms with Crippen molar-refractivity contribution < 1.29 is 19.1 Å². The van der Waals surface area contributed by atoms with Crippen LogP contribution in [-0.2, 0) is 4.79 Å². The first kappa shape index (κ1) is 20.8. The Bertz CT molecular complexity index is 1070. The van der Waals surface area contributed by atoms with Gasteiger partial charge in [0, 0.05) is 10.1 Å². The fraction of sp³-hybridized carbons (Fsp3) is 0.105. The van der Waals surface area contributed by atoms with E-state index in [1.54, 1.807) is 24.3 Å². The molecule has 1 heterocycles. The van der Waals surface area contributed by atoms with Crippen LogP contribution in [0.25, 0.3) is 10.1 Å². The van der Waals surface area contributed by atoms with Gasteiger partial charge >= 0.3 is 0 Å². The molecule has 0 aliphatic heterocycles. The van der Waals surface area contributed by atoms with Gasteiger partial charge in [-0.25, -0.2) is 0 Å². The quantitative estimate of drug-likeness (QED) is 0.409. The van der Waals surface area contributed by atoms with Crippen molar-refractivity contribution in [1.29, 1.82) is 0 Å². The zero-order valence-electron chi connectivity index (χ0n) is 15.2. The summed E-state index contributed by atoms with van der Waals surface area (Å²) in [5.41, 5.74) is 4.89. The van der Waals surface area contributed by atoms with Gasteiger partial charge < -0.3 is 9.47 Å². The van der Waals surface area contributed by atoms with Crippen molar-refractivity contribution in [3.05, 3.63) is 58.4 Å². The number of fused-ring (bicyclic) bond motifs is 1. The van der Waals surface area contributed by atoms with E-state index >= 15 is 0 Å². The Kier molecular flexibility index (Phi) is 6.86. The first-order valence-electron chi connectivity index (χ1n) is 8.32. The largest absolute Gasteiger partial charge is 0.493 e. The van der Waals surface area contributed by atoms with Crippen LogP contribution in [0.3, 0.4) is 0 Å². The molecule has 3 aromatic rings. The summed E-state index contributed by atoms with van der Waals surface area (Å²) in [6.45, 7) is -0.279. The van der Waals surface area contributed by atoms with Gasteiger partial charge in [0.25, 0.3) is 11.8 Å². The number of benzene rings is 2. The number of nitrogens with one attached hydrogen (secondary N) is 3. The summed E-state index contributed by atoms with van der Waals surface area (Å²) in [5.74, 6) is -0.0224. The molecule has 1 aromatic heterocycles. The number of carbonyl (C=O) groups is 2. The number of amides is 2. The molecule has 3 rings (SSSR count). The third kappa shape index (κ3) is 5.14. The van der Waals surface area contributed by atoms with E-state index in [4.69, 9.17) is 33.3 Å². The van der Waals surface area contributed by atoms with Crippen LogP contribution in [0.15, 0.2) is 48.5 Å². The van der Waals surface area contributed by atoms with E-state index in [0.29, 0.717) is 21.4 Å². The molecule has 150 valence electrons. The van der Waals surface area contributed by atoms with Gasteiger partial charge in [0.2, 0.25) is 0 Å². The van der Waals surface area contributed by atoms with Crippen LogP contribution in [-0.4, -0.2) is 30.6 Å². The molecule has 0 aliphatic rings. The Morgan fingerprint density at radius 1 is 1.07 bits per heavy atom. The molecule has 0 bridgehead atoms. The fourth-order valence-electron chi connectivity index (χ4n) is 2.41. The molecule has 0 atom stereocenters. The molecule has 0 radical (unpaired) electrons. The van der Waals surface area contributed by atoms with Crippen LogP contribution >= 0.6 is 35.2 Å². The number of halogens is 1. The molecular formula is C19H16ClN3O4S2. The van der Waals surface area contributed by atoms with Crippen LogP contribution in [0.1, 0.15) is 9.67 Å². The summed E-state index contributed by atoms with van der Waals surface area (Å²) in [7, 11) is 1.51. The summed E-state index contributed by atoms with van der Waals surface area (Å²) in [5, 5.41) is 3.49. The van der Waals surface area contributed by atoms with Crippen molar-refractivity contribution in [2.24, 2.45) is 0 Å². The van der Waals surface area contributed by atoms with Gasteiger partial charge in [-0.3, -0.25) is 25.8 Å². The van der Waals surface area contributed by atoms with E-state index in [2.05, 4.69) is 16.2 Å². The predicted molar refractivity (Wildman–Crippen MR) is 117 cm³/mol. The minimum Gasteiger partial charge on any atom is -0.493 e. The molecular weight excluding hydrogens is 434 g/mol. The molecule has 0 saturated carbocycles. The first-order valence-corrected chi connectivity index (χ1v) is 9.93. The van der Waals surface area contributed by atoms with Gasteiger partial charge in [0.15, 0.2) is 23.2 Å². The number of methoxy groups -OCH3 is 1. The minimum absolute atomic E-state index is 0.0794. The van der Waals surface area contributed by atoms with Gasteiger partial charge in [0.1, 0.15) is 4.88 Å². The lowest BCUT2D eigenvalue weighted by atomic mass is 10.2. The van der Waals surface area contributed by atoms with Crippen molar-refractivity contribution in [2.45, 2.75) is 0 Å². The monoisotopic (exact) mass is 449 g/mol. The van der Waals surface area contributed by atoms with Crippen LogP contribution in [0.5, 0.6) is 11.5 Å². The zero-order valence-corrected chi connectivity index (χ0v) is 17.5. The highest BCUT2D eigenvalue weighted by atomic mass is 35.5. The molecule has 2 aromatic carbocycles. The topological polar surface area (TPSA) is 88.7 Å². The van der Waals surface area contributed by atoms with E-state index in [1.165, 1.54) is 18.4 Å². The lowest BCUT2D eigenvalue weighted by molar-refractivity contribution is -0.121. The summed E-state index contributed by atoms with van der Waals surface area (Å²) < 4.78 is 11.4. The average Bonchev–Trinajstić information content (AvgIpc) is 3.07. The smallest absolute Gasteiger partial charge is 0.281 e. The van der Waals surface area contributed by atoms with Gasteiger partial charge in [-0.1, -0.05) is 41.9 Å². The Labute approximate surface area is 180 Å². The number of para-hydroxylation sites is 2. The lowest BCUT2D eigenvalue weighted by Crippen LogP contribution is -2.49. The average molecular weight is 450 g/mol. The normalized spacial score (nSPS) is 10.3. The minimum atomic E-state index is -0.498. The lowest BCUT2D eigenvalue weighted by Gasteiger charge is -2.12. The molecule has 0 aliphatic carbocycles. The third-order valence-corrected chi connectivity index (χ3v) is 5.59. The highest BCUT2D eigenvalue weighted by Gasteiger charge is 2.17. The van der Waals surface area contributed by atoms with Crippen LogP contribution in [0.4, 0.5) is 0 Å². The molecule has 7 nitrogen and oxygen atoms in total.